The Morgan fingerprint density at radius 1 is 1.10 bits per heavy atom. The van der Waals surface area contributed by atoms with Gasteiger partial charge in [-0.3, -0.25) is 4.79 Å². The number of hydrogen-bond donors (Lipinski definition) is 0. The maximum atomic E-state index is 12.1. The molecule has 0 atom stereocenters. The molecule has 8 nitrogen and oxygen atoms in total. The van der Waals surface area contributed by atoms with Crippen molar-refractivity contribution in [3.63, 3.8) is 0 Å². The minimum atomic E-state index is -0.345. The van der Waals surface area contributed by atoms with Gasteiger partial charge in [0.1, 0.15) is 5.75 Å². The number of carbonyl (C=O) groups is 1. The molecule has 0 N–H and O–H groups in total. The summed E-state index contributed by atoms with van der Waals surface area (Å²) >= 11 is 1.49. The van der Waals surface area contributed by atoms with Gasteiger partial charge in [0.15, 0.2) is 11.8 Å². The SMILES string of the molecule is COc1ccc(-c2noc(COC(=O)CCc3c(C)nc(SC)nc3C)n2)cc1. The van der Waals surface area contributed by atoms with E-state index in [9.17, 15) is 4.79 Å². The Morgan fingerprint density at radius 2 is 1.79 bits per heavy atom. The molecule has 0 bridgehead atoms. The zero-order chi connectivity index (χ0) is 20.8. The number of ether oxygens (including phenoxy) is 2. The van der Waals surface area contributed by atoms with Crippen molar-refractivity contribution in [1.29, 1.82) is 0 Å². The van der Waals surface area contributed by atoms with Gasteiger partial charge in [0.2, 0.25) is 5.82 Å². The van der Waals surface area contributed by atoms with Crippen LogP contribution in [-0.4, -0.2) is 39.4 Å². The number of rotatable bonds is 8. The fraction of sp³-hybridized carbons (Fsp3) is 0.350. The molecule has 9 heteroatoms. The second-order valence-corrected chi connectivity index (χ2v) is 7.03. The molecule has 0 spiro atoms. The van der Waals surface area contributed by atoms with E-state index in [1.165, 1.54) is 11.8 Å². The van der Waals surface area contributed by atoms with Crippen molar-refractivity contribution in [2.75, 3.05) is 13.4 Å². The van der Waals surface area contributed by atoms with Crippen LogP contribution in [0.5, 0.6) is 5.75 Å². The van der Waals surface area contributed by atoms with Crippen LogP contribution < -0.4 is 4.74 Å². The number of esters is 1. The molecule has 2 aromatic heterocycles. The molecule has 0 aliphatic rings. The highest BCUT2D eigenvalue weighted by Crippen LogP contribution is 2.20. The summed E-state index contributed by atoms with van der Waals surface area (Å²) in [5.74, 6) is 1.06. The summed E-state index contributed by atoms with van der Waals surface area (Å²) in [6.07, 6.45) is 2.68. The van der Waals surface area contributed by atoms with Crippen LogP contribution in [-0.2, 0) is 22.6 Å². The molecular weight excluding hydrogens is 392 g/mol. The predicted molar refractivity (Wildman–Crippen MR) is 108 cm³/mol. The molecule has 0 fully saturated rings. The first-order chi connectivity index (χ1) is 14.0. The van der Waals surface area contributed by atoms with Crippen molar-refractivity contribution in [3.05, 3.63) is 47.1 Å². The zero-order valence-electron chi connectivity index (χ0n) is 16.8. The van der Waals surface area contributed by atoms with E-state index >= 15 is 0 Å². The molecule has 1 aromatic carbocycles. The van der Waals surface area contributed by atoms with Gasteiger partial charge in [-0.2, -0.15) is 4.98 Å². The molecule has 0 amide bonds. The first-order valence-corrected chi connectivity index (χ1v) is 10.2. The van der Waals surface area contributed by atoms with Gasteiger partial charge in [-0.25, -0.2) is 9.97 Å². The largest absolute Gasteiger partial charge is 0.497 e. The van der Waals surface area contributed by atoms with E-state index in [4.69, 9.17) is 14.0 Å². The molecule has 0 aliphatic carbocycles. The third kappa shape index (κ3) is 5.32. The van der Waals surface area contributed by atoms with Crippen molar-refractivity contribution in [2.24, 2.45) is 0 Å². The van der Waals surface area contributed by atoms with Crippen LogP contribution in [0, 0.1) is 13.8 Å². The Bertz CT molecular complexity index is 965. The Balaban J connectivity index is 1.53. The second-order valence-electron chi connectivity index (χ2n) is 6.26. The predicted octanol–water partition coefficient (Wildman–Crippen LogP) is 3.55. The number of hydrogen-bond acceptors (Lipinski definition) is 9. The van der Waals surface area contributed by atoms with Crippen LogP contribution in [0.2, 0.25) is 0 Å². The van der Waals surface area contributed by atoms with E-state index in [1.807, 2.05) is 44.4 Å². The lowest BCUT2D eigenvalue weighted by Crippen LogP contribution is -2.09. The van der Waals surface area contributed by atoms with E-state index in [0.717, 1.165) is 33.4 Å². The lowest BCUT2D eigenvalue weighted by atomic mass is 10.1. The van der Waals surface area contributed by atoms with Crippen molar-refractivity contribution in [2.45, 2.75) is 38.5 Å². The summed E-state index contributed by atoms with van der Waals surface area (Å²) in [6.45, 7) is 3.78. The Kier molecular flexibility index (Phi) is 6.82. The minimum Gasteiger partial charge on any atom is -0.497 e. The number of aromatic nitrogens is 4. The normalized spacial score (nSPS) is 10.8. The molecule has 0 aliphatic heterocycles. The maximum Gasteiger partial charge on any atom is 0.306 e. The van der Waals surface area contributed by atoms with Crippen LogP contribution in [0.15, 0.2) is 33.9 Å². The third-order valence-electron chi connectivity index (χ3n) is 4.33. The van der Waals surface area contributed by atoms with E-state index in [2.05, 4.69) is 20.1 Å². The highest BCUT2D eigenvalue weighted by molar-refractivity contribution is 7.98. The van der Waals surface area contributed by atoms with Gasteiger partial charge in [0.05, 0.1) is 7.11 Å². The number of thioether (sulfide) groups is 1. The first-order valence-electron chi connectivity index (χ1n) is 9.01. The third-order valence-corrected chi connectivity index (χ3v) is 4.88. The summed E-state index contributed by atoms with van der Waals surface area (Å²) in [7, 11) is 1.60. The van der Waals surface area contributed by atoms with Gasteiger partial charge in [-0.1, -0.05) is 16.9 Å². The fourth-order valence-electron chi connectivity index (χ4n) is 2.77. The van der Waals surface area contributed by atoms with Gasteiger partial charge in [0, 0.05) is 23.4 Å². The molecule has 29 heavy (non-hydrogen) atoms. The number of methoxy groups -OCH3 is 1. The summed E-state index contributed by atoms with van der Waals surface area (Å²) in [5, 5.41) is 4.65. The lowest BCUT2D eigenvalue weighted by molar-refractivity contribution is -0.145. The van der Waals surface area contributed by atoms with Crippen LogP contribution >= 0.6 is 11.8 Å². The van der Waals surface area contributed by atoms with E-state index in [1.54, 1.807) is 7.11 Å². The average molecular weight is 414 g/mol. The molecule has 152 valence electrons. The molecule has 3 aromatic rings. The quantitative estimate of drug-likeness (QED) is 0.311. The first kappa shape index (κ1) is 20.8. The van der Waals surface area contributed by atoms with Gasteiger partial charge in [-0.05, 0) is 56.4 Å². The number of nitrogens with zero attached hydrogens (tertiary/aromatic N) is 4. The molecule has 0 unspecified atom stereocenters. The zero-order valence-corrected chi connectivity index (χ0v) is 17.6. The summed E-state index contributed by atoms with van der Waals surface area (Å²) < 4.78 is 15.5. The van der Waals surface area contributed by atoms with Crippen molar-refractivity contribution >= 4 is 17.7 Å². The molecule has 0 saturated carbocycles. The minimum absolute atomic E-state index is 0.0676. The maximum absolute atomic E-state index is 12.1. The molecule has 2 heterocycles. The number of benzene rings is 1. The smallest absolute Gasteiger partial charge is 0.306 e. The van der Waals surface area contributed by atoms with Crippen molar-refractivity contribution < 1.29 is 18.8 Å². The van der Waals surface area contributed by atoms with E-state index in [0.29, 0.717) is 12.2 Å². The number of carbonyl (C=O) groups excluding carboxylic acids is 1. The van der Waals surface area contributed by atoms with Crippen molar-refractivity contribution in [1.82, 2.24) is 20.1 Å². The average Bonchev–Trinajstić information content (AvgIpc) is 3.20. The topological polar surface area (TPSA) is 100 Å². The summed E-state index contributed by atoms with van der Waals surface area (Å²) in [6, 6.07) is 7.28. The summed E-state index contributed by atoms with van der Waals surface area (Å²) in [5.41, 5.74) is 3.53. The molecule has 0 saturated heterocycles. The Morgan fingerprint density at radius 3 is 2.41 bits per heavy atom. The number of aryl methyl sites for hydroxylation is 2. The molecular formula is C20H22N4O4S. The van der Waals surface area contributed by atoms with Gasteiger partial charge < -0.3 is 14.0 Å². The van der Waals surface area contributed by atoms with Gasteiger partial charge >= 0.3 is 5.97 Å². The van der Waals surface area contributed by atoms with Crippen LogP contribution in [0.3, 0.4) is 0 Å². The van der Waals surface area contributed by atoms with Crippen molar-refractivity contribution in [3.8, 4) is 17.1 Å². The monoisotopic (exact) mass is 414 g/mol. The molecule has 0 radical (unpaired) electrons. The van der Waals surface area contributed by atoms with E-state index in [-0.39, 0.29) is 24.9 Å². The van der Waals surface area contributed by atoms with Gasteiger partial charge in [-0.15, -0.1) is 0 Å². The lowest BCUT2D eigenvalue weighted by Gasteiger charge is -2.09. The second kappa shape index (κ2) is 9.51. The standard InChI is InChI=1S/C20H22N4O4S/c1-12-16(13(2)22-20(21-12)29-4)9-10-18(25)27-11-17-23-19(24-28-17)14-5-7-15(26-3)8-6-14/h5-8H,9-11H2,1-4H3. The summed E-state index contributed by atoms with van der Waals surface area (Å²) in [4.78, 5) is 25.2. The van der Waals surface area contributed by atoms with Gasteiger partial charge in [0.25, 0.3) is 5.89 Å². The highest BCUT2D eigenvalue weighted by atomic mass is 32.2. The molecule has 3 rings (SSSR count). The van der Waals surface area contributed by atoms with Crippen LogP contribution in [0.25, 0.3) is 11.4 Å². The Hall–Kier alpha value is -2.94. The van der Waals surface area contributed by atoms with E-state index < -0.39 is 0 Å². The fourth-order valence-corrected chi connectivity index (χ4v) is 3.23. The highest BCUT2D eigenvalue weighted by Gasteiger charge is 2.14. The Labute approximate surface area is 173 Å². The van der Waals surface area contributed by atoms with Crippen LogP contribution in [0.1, 0.15) is 29.3 Å². The van der Waals surface area contributed by atoms with Crippen LogP contribution in [0.4, 0.5) is 0 Å².